The number of benzene rings is 2. The van der Waals surface area contributed by atoms with Gasteiger partial charge in [-0.25, -0.2) is 0 Å². The van der Waals surface area contributed by atoms with Crippen LogP contribution < -0.4 is 10.1 Å². The summed E-state index contributed by atoms with van der Waals surface area (Å²) in [6, 6.07) is 14.6. The van der Waals surface area contributed by atoms with Gasteiger partial charge in [0.15, 0.2) is 0 Å². The molecule has 2 aromatic carbocycles. The molecule has 0 aliphatic carbocycles. The third kappa shape index (κ3) is 6.71. The van der Waals surface area contributed by atoms with E-state index in [2.05, 4.69) is 10.2 Å². The molecule has 0 saturated carbocycles. The Morgan fingerprint density at radius 2 is 1.74 bits per heavy atom. The summed E-state index contributed by atoms with van der Waals surface area (Å²) >= 11 is 5.90. The first-order valence-corrected chi connectivity index (χ1v) is 11.1. The summed E-state index contributed by atoms with van der Waals surface area (Å²) in [5.41, 5.74) is 1.85. The second-order valence-electron chi connectivity index (χ2n) is 7.79. The maximum Gasteiger partial charge on any atom is 0.241 e. The van der Waals surface area contributed by atoms with Crippen LogP contribution in [-0.2, 0) is 16.0 Å². The van der Waals surface area contributed by atoms with Gasteiger partial charge in [0.05, 0.1) is 13.2 Å². The number of rotatable bonds is 7. The van der Waals surface area contributed by atoms with E-state index in [0.29, 0.717) is 31.0 Å². The lowest BCUT2D eigenvalue weighted by Crippen LogP contribution is -2.44. The second kappa shape index (κ2) is 11.2. The van der Waals surface area contributed by atoms with E-state index >= 15 is 0 Å². The predicted octanol–water partition coefficient (Wildman–Crippen LogP) is 3.84. The Kier molecular flexibility index (Phi) is 8.32. The first kappa shape index (κ1) is 23.1. The van der Waals surface area contributed by atoms with Crippen molar-refractivity contribution in [2.45, 2.75) is 32.2 Å². The summed E-state index contributed by atoms with van der Waals surface area (Å²) in [6.45, 7) is 4.75. The van der Waals surface area contributed by atoms with Crippen LogP contribution in [0.3, 0.4) is 0 Å². The SMILES string of the molecule is COc1ccc(CCC(=O)N2CCCN(C(C)C(=O)Nc3ccc(Cl)cc3)CC2)cc1. The molecule has 1 heterocycles. The minimum absolute atomic E-state index is 0.0541. The lowest BCUT2D eigenvalue weighted by Gasteiger charge is -2.27. The standard InChI is InChI=1S/C24H30ClN3O3/c1-18(24(30)26-21-9-7-20(25)8-10-21)27-14-3-15-28(17-16-27)23(29)13-6-19-4-11-22(31-2)12-5-19/h4-5,7-12,18H,3,6,13-17H2,1-2H3,(H,26,30). The van der Waals surface area contributed by atoms with Gasteiger partial charge in [-0.3, -0.25) is 14.5 Å². The molecule has 0 spiro atoms. The van der Waals surface area contributed by atoms with E-state index < -0.39 is 0 Å². The van der Waals surface area contributed by atoms with Gasteiger partial charge in [-0.05, 0) is 61.7 Å². The number of amides is 2. The van der Waals surface area contributed by atoms with Crippen LogP contribution in [0.4, 0.5) is 5.69 Å². The smallest absolute Gasteiger partial charge is 0.241 e. The van der Waals surface area contributed by atoms with Crippen LogP contribution in [0.1, 0.15) is 25.3 Å². The molecule has 1 saturated heterocycles. The number of hydrogen-bond donors (Lipinski definition) is 1. The minimum atomic E-state index is -0.273. The van der Waals surface area contributed by atoms with Crippen LogP contribution >= 0.6 is 11.6 Å². The summed E-state index contributed by atoms with van der Waals surface area (Å²) < 4.78 is 5.17. The zero-order chi connectivity index (χ0) is 22.2. The van der Waals surface area contributed by atoms with E-state index in [1.54, 1.807) is 31.4 Å². The Morgan fingerprint density at radius 1 is 1.03 bits per heavy atom. The molecule has 0 bridgehead atoms. The number of ether oxygens (including phenoxy) is 1. The number of halogens is 1. The molecule has 1 aliphatic rings. The molecule has 1 fully saturated rings. The minimum Gasteiger partial charge on any atom is -0.497 e. The van der Waals surface area contributed by atoms with E-state index in [-0.39, 0.29) is 17.9 Å². The number of nitrogens with one attached hydrogen (secondary N) is 1. The largest absolute Gasteiger partial charge is 0.497 e. The quantitative estimate of drug-likeness (QED) is 0.706. The zero-order valence-electron chi connectivity index (χ0n) is 18.1. The number of aryl methyl sites for hydroxylation is 1. The third-order valence-electron chi connectivity index (χ3n) is 5.71. The molecule has 0 radical (unpaired) electrons. The Morgan fingerprint density at radius 3 is 2.42 bits per heavy atom. The van der Waals surface area contributed by atoms with Gasteiger partial charge in [0, 0.05) is 43.3 Å². The molecule has 2 amide bonds. The highest BCUT2D eigenvalue weighted by atomic mass is 35.5. The maximum atomic E-state index is 12.7. The van der Waals surface area contributed by atoms with Crippen LogP contribution in [0.2, 0.25) is 5.02 Å². The molecule has 0 aromatic heterocycles. The predicted molar refractivity (Wildman–Crippen MR) is 124 cm³/mol. The normalized spacial score (nSPS) is 15.8. The summed E-state index contributed by atoms with van der Waals surface area (Å²) in [7, 11) is 1.64. The van der Waals surface area contributed by atoms with Gasteiger partial charge < -0.3 is 15.0 Å². The summed E-state index contributed by atoms with van der Waals surface area (Å²) in [4.78, 5) is 29.4. The summed E-state index contributed by atoms with van der Waals surface area (Å²) in [5.74, 6) is 0.925. The van der Waals surface area contributed by atoms with Crippen molar-refractivity contribution in [1.29, 1.82) is 0 Å². The Labute approximate surface area is 189 Å². The fourth-order valence-corrected chi connectivity index (χ4v) is 3.85. The molecule has 166 valence electrons. The molecule has 1 atom stereocenters. The van der Waals surface area contributed by atoms with Gasteiger partial charge >= 0.3 is 0 Å². The first-order valence-electron chi connectivity index (χ1n) is 10.7. The Bertz CT molecular complexity index is 871. The van der Waals surface area contributed by atoms with Crippen molar-refractivity contribution in [3.63, 3.8) is 0 Å². The summed E-state index contributed by atoms with van der Waals surface area (Å²) in [6.07, 6.45) is 2.05. The van der Waals surface area contributed by atoms with Gasteiger partial charge in [0.2, 0.25) is 11.8 Å². The molecule has 31 heavy (non-hydrogen) atoms. The number of carbonyl (C=O) groups is 2. The van der Waals surface area contributed by atoms with Crippen molar-refractivity contribution in [2.75, 3.05) is 38.6 Å². The molecule has 2 aromatic rings. The van der Waals surface area contributed by atoms with Crippen LogP contribution in [-0.4, -0.2) is 60.9 Å². The monoisotopic (exact) mass is 443 g/mol. The maximum absolute atomic E-state index is 12.7. The van der Waals surface area contributed by atoms with Crippen molar-refractivity contribution < 1.29 is 14.3 Å². The van der Waals surface area contributed by atoms with Crippen molar-refractivity contribution in [1.82, 2.24) is 9.80 Å². The summed E-state index contributed by atoms with van der Waals surface area (Å²) in [5, 5.41) is 3.57. The third-order valence-corrected chi connectivity index (χ3v) is 5.96. The van der Waals surface area contributed by atoms with Crippen LogP contribution in [0.25, 0.3) is 0 Å². The van der Waals surface area contributed by atoms with Gasteiger partial charge in [-0.1, -0.05) is 23.7 Å². The van der Waals surface area contributed by atoms with Crippen molar-refractivity contribution >= 4 is 29.1 Å². The van der Waals surface area contributed by atoms with Gasteiger partial charge in [-0.15, -0.1) is 0 Å². The first-order chi connectivity index (χ1) is 15.0. The van der Waals surface area contributed by atoms with E-state index in [9.17, 15) is 9.59 Å². The highest BCUT2D eigenvalue weighted by Gasteiger charge is 2.25. The van der Waals surface area contributed by atoms with Gasteiger partial charge in [-0.2, -0.15) is 0 Å². The van der Waals surface area contributed by atoms with E-state index in [1.165, 1.54) is 0 Å². The molecule has 3 rings (SSSR count). The van der Waals surface area contributed by atoms with E-state index in [0.717, 1.165) is 36.5 Å². The lowest BCUT2D eigenvalue weighted by atomic mass is 10.1. The molecule has 1 aliphatic heterocycles. The van der Waals surface area contributed by atoms with Gasteiger partial charge in [0.1, 0.15) is 5.75 Å². The molecule has 1 N–H and O–H groups in total. The molecular formula is C24H30ClN3O3. The van der Waals surface area contributed by atoms with E-state index in [1.807, 2.05) is 36.1 Å². The van der Waals surface area contributed by atoms with Crippen molar-refractivity contribution in [3.8, 4) is 5.75 Å². The molecule has 1 unspecified atom stereocenters. The van der Waals surface area contributed by atoms with E-state index in [4.69, 9.17) is 16.3 Å². The lowest BCUT2D eigenvalue weighted by molar-refractivity contribution is -0.131. The highest BCUT2D eigenvalue weighted by molar-refractivity contribution is 6.30. The fraction of sp³-hybridized carbons (Fsp3) is 0.417. The topological polar surface area (TPSA) is 61.9 Å². The van der Waals surface area contributed by atoms with Crippen LogP contribution in [0.5, 0.6) is 5.75 Å². The average Bonchev–Trinajstić information content (AvgIpc) is 3.05. The zero-order valence-corrected chi connectivity index (χ0v) is 18.9. The molecule has 6 nitrogen and oxygen atoms in total. The van der Waals surface area contributed by atoms with Crippen molar-refractivity contribution in [2.24, 2.45) is 0 Å². The average molecular weight is 444 g/mol. The number of methoxy groups -OCH3 is 1. The van der Waals surface area contributed by atoms with Gasteiger partial charge in [0.25, 0.3) is 0 Å². The van der Waals surface area contributed by atoms with Crippen LogP contribution in [0.15, 0.2) is 48.5 Å². The Balaban J connectivity index is 1.47. The molecular weight excluding hydrogens is 414 g/mol. The Hall–Kier alpha value is -2.57. The van der Waals surface area contributed by atoms with Crippen molar-refractivity contribution in [3.05, 3.63) is 59.1 Å². The second-order valence-corrected chi connectivity index (χ2v) is 8.23. The highest BCUT2D eigenvalue weighted by Crippen LogP contribution is 2.16. The number of hydrogen-bond acceptors (Lipinski definition) is 4. The molecule has 7 heteroatoms. The van der Waals surface area contributed by atoms with Crippen LogP contribution in [0, 0.1) is 0 Å². The number of nitrogens with zero attached hydrogens (tertiary/aromatic N) is 2. The fourth-order valence-electron chi connectivity index (χ4n) is 3.72. The number of carbonyl (C=O) groups excluding carboxylic acids is 2. The number of anilines is 1.